The molecule has 4 rings (SSSR count). The number of carboxylic acids is 1. The molecule has 0 bridgehead atoms. The highest BCUT2D eigenvalue weighted by Crippen LogP contribution is 2.30. The molecule has 3 atom stereocenters. The van der Waals surface area contributed by atoms with Crippen LogP contribution in [0, 0.1) is 12.8 Å². The Bertz CT molecular complexity index is 1380. The quantitative estimate of drug-likeness (QED) is 0.476. The molecule has 0 saturated carbocycles. The summed E-state index contributed by atoms with van der Waals surface area (Å²) in [6.07, 6.45) is -1.40. The van der Waals surface area contributed by atoms with Gasteiger partial charge in [0, 0.05) is 23.7 Å². The minimum Gasteiger partial charge on any atom is -0.489 e. The van der Waals surface area contributed by atoms with Crippen molar-refractivity contribution >= 4 is 32.8 Å². The first-order valence-corrected chi connectivity index (χ1v) is 12.2. The fourth-order valence-corrected chi connectivity index (χ4v) is 5.58. The fraction of sp³-hybridized carbons (Fsp3) is 0.292. The number of aromatic nitrogens is 1. The van der Waals surface area contributed by atoms with Gasteiger partial charge in [-0.05, 0) is 43.3 Å². The average Bonchev–Trinajstić information content (AvgIpc) is 3.28. The van der Waals surface area contributed by atoms with Crippen molar-refractivity contribution in [2.45, 2.75) is 30.6 Å². The number of likely N-dealkylation sites (N-methyl/N-ethyl adjacent to an activating group) is 1. The highest BCUT2D eigenvalue weighted by molar-refractivity contribution is 7.89. The third-order valence-electron chi connectivity index (χ3n) is 6.04. The van der Waals surface area contributed by atoms with Crippen LogP contribution in [0.4, 0.5) is 0 Å². The van der Waals surface area contributed by atoms with Gasteiger partial charge in [-0.25, -0.2) is 8.42 Å². The fourth-order valence-electron chi connectivity index (χ4n) is 4.22. The molecular formula is C24H25N3O7S. The molecule has 3 aromatic rings. The number of benzene rings is 2. The van der Waals surface area contributed by atoms with E-state index in [0.717, 1.165) is 26.5 Å². The Balaban J connectivity index is 1.50. The highest BCUT2D eigenvalue weighted by Gasteiger charge is 2.49. The van der Waals surface area contributed by atoms with Crippen LogP contribution in [-0.4, -0.2) is 60.5 Å². The van der Waals surface area contributed by atoms with E-state index in [0.29, 0.717) is 5.75 Å². The van der Waals surface area contributed by atoms with Crippen molar-refractivity contribution in [1.82, 2.24) is 9.29 Å². The van der Waals surface area contributed by atoms with E-state index >= 15 is 0 Å². The van der Waals surface area contributed by atoms with Gasteiger partial charge < -0.3 is 20.3 Å². The van der Waals surface area contributed by atoms with E-state index in [-0.39, 0.29) is 18.1 Å². The van der Waals surface area contributed by atoms with E-state index in [2.05, 4.69) is 4.98 Å². The summed E-state index contributed by atoms with van der Waals surface area (Å²) in [6.45, 7) is 1.91. The van der Waals surface area contributed by atoms with Crippen molar-refractivity contribution < 1.29 is 32.6 Å². The van der Waals surface area contributed by atoms with Gasteiger partial charge in [-0.3, -0.25) is 14.6 Å². The zero-order valence-corrected chi connectivity index (χ0v) is 19.9. The van der Waals surface area contributed by atoms with Crippen molar-refractivity contribution in [3.8, 4) is 5.75 Å². The number of primary amides is 1. The summed E-state index contributed by atoms with van der Waals surface area (Å²) in [4.78, 5) is 27.7. The van der Waals surface area contributed by atoms with Crippen molar-refractivity contribution in [2.24, 2.45) is 11.7 Å². The summed E-state index contributed by atoms with van der Waals surface area (Å²) in [6, 6.07) is 14.4. The Morgan fingerprint density at radius 3 is 2.54 bits per heavy atom. The van der Waals surface area contributed by atoms with E-state index in [9.17, 15) is 23.1 Å². The van der Waals surface area contributed by atoms with Gasteiger partial charge in [0.05, 0.1) is 23.1 Å². The lowest BCUT2D eigenvalue weighted by atomic mass is 9.97. The average molecular weight is 500 g/mol. The second-order valence-corrected chi connectivity index (χ2v) is 10.3. The molecule has 10 nitrogen and oxygen atoms in total. The zero-order valence-electron chi connectivity index (χ0n) is 19.1. The monoisotopic (exact) mass is 499 g/mol. The molecule has 2 aromatic carbocycles. The van der Waals surface area contributed by atoms with Crippen molar-refractivity contribution in [1.29, 1.82) is 0 Å². The Labute approximate surface area is 202 Å². The minimum atomic E-state index is -4.08. The van der Waals surface area contributed by atoms with Gasteiger partial charge in [0.25, 0.3) is 0 Å². The van der Waals surface area contributed by atoms with Gasteiger partial charge in [-0.15, -0.1) is 0 Å². The lowest BCUT2D eigenvalue weighted by Crippen LogP contribution is -2.47. The summed E-state index contributed by atoms with van der Waals surface area (Å²) in [7, 11) is -2.83. The summed E-state index contributed by atoms with van der Waals surface area (Å²) < 4.78 is 38.3. The molecule has 0 aliphatic carbocycles. The van der Waals surface area contributed by atoms with Crippen LogP contribution in [0.5, 0.6) is 5.75 Å². The summed E-state index contributed by atoms with van der Waals surface area (Å²) >= 11 is 0. The van der Waals surface area contributed by atoms with Crippen LogP contribution >= 0.6 is 0 Å². The highest BCUT2D eigenvalue weighted by atomic mass is 32.2. The second-order valence-electron chi connectivity index (χ2n) is 8.31. The molecule has 11 heteroatoms. The topological polar surface area (TPSA) is 149 Å². The maximum atomic E-state index is 13.2. The first-order valence-electron chi connectivity index (χ1n) is 10.8. The third kappa shape index (κ3) is 4.83. The number of sulfonamides is 1. The molecule has 184 valence electrons. The molecule has 1 aliphatic heterocycles. The number of aryl methyl sites for hydroxylation is 1. The van der Waals surface area contributed by atoms with Crippen molar-refractivity contribution in [3.05, 3.63) is 65.9 Å². The number of pyridine rings is 1. The van der Waals surface area contributed by atoms with Crippen molar-refractivity contribution in [2.75, 3.05) is 13.7 Å². The number of nitrogens with two attached hydrogens (primary N) is 1. The molecule has 0 spiro atoms. The van der Waals surface area contributed by atoms with E-state index < -0.39 is 40.0 Å². The maximum Gasteiger partial charge on any atom is 0.311 e. The Morgan fingerprint density at radius 2 is 1.89 bits per heavy atom. The molecule has 1 aromatic heterocycles. The van der Waals surface area contributed by atoms with Gasteiger partial charge >= 0.3 is 5.97 Å². The van der Waals surface area contributed by atoms with Gasteiger partial charge in [-0.1, -0.05) is 18.2 Å². The standard InChI is InChI=1S/C24H25N3O7S/c1-14-11-15(18-5-3-4-6-19(18)26-14)12-33-16-7-9-17(10-8-16)35(31,32)27(2)20-13-34-22(23(25)28)21(20)24(29)30/h3-11,20-22H,12-13H2,1-2H3,(H2,25,28)(H,29,30)/t20-,21-,22?/m0/s1. The minimum absolute atomic E-state index is 0.0516. The number of fused-ring (bicyclic) bond motifs is 1. The third-order valence-corrected chi connectivity index (χ3v) is 7.94. The first-order chi connectivity index (χ1) is 16.6. The van der Waals surface area contributed by atoms with Gasteiger partial charge in [0.2, 0.25) is 15.9 Å². The van der Waals surface area contributed by atoms with Crippen molar-refractivity contribution in [3.63, 3.8) is 0 Å². The van der Waals surface area contributed by atoms with E-state index in [1.165, 1.54) is 31.3 Å². The predicted octanol–water partition coefficient (Wildman–Crippen LogP) is 1.70. The summed E-state index contributed by atoms with van der Waals surface area (Å²) in [5, 5.41) is 10.5. The molecule has 2 heterocycles. The lowest BCUT2D eigenvalue weighted by molar-refractivity contribution is -0.148. The van der Waals surface area contributed by atoms with Crippen LogP contribution in [0.25, 0.3) is 10.9 Å². The number of rotatable bonds is 8. The van der Waals surface area contributed by atoms with Crippen LogP contribution in [-0.2, 0) is 31.0 Å². The van der Waals surface area contributed by atoms with E-state index in [1.54, 1.807) is 0 Å². The number of hydrogen-bond donors (Lipinski definition) is 2. The Morgan fingerprint density at radius 1 is 1.20 bits per heavy atom. The number of para-hydroxylation sites is 1. The molecule has 3 N–H and O–H groups in total. The number of carboxylic acid groups (broad SMARTS) is 1. The summed E-state index contributed by atoms with van der Waals surface area (Å²) in [5.41, 5.74) is 7.90. The van der Waals surface area contributed by atoms with Gasteiger partial charge in [0.1, 0.15) is 18.3 Å². The number of amides is 1. The predicted molar refractivity (Wildman–Crippen MR) is 126 cm³/mol. The number of nitrogens with zero attached hydrogens (tertiary/aromatic N) is 2. The van der Waals surface area contributed by atoms with Crippen LogP contribution in [0.15, 0.2) is 59.5 Å². The zero-order chi connectivity index (χ0) is 25.3. The lowest BCUT2D eigenvalue weighted by Gasteiger charge is -2.26. The Kier molecular flexibility index (Phi) is 6.75. The SMILES string of the molecule is Cc1cc(COc2ccc(S(=O)(=O)N(C)[C@H]3COC(C(N)=O)[C@H]3C(=O)O)cc2)c2ccccc2n1. The molecule has 1 unspecified atom stereocenters. The van der Waals surface area contributed by atoms with Gasteiger partial charge in [0.15, 0.2) is 6.10 Å². The van der Waals surface area contributed by atoms with E-state index in [1.807, 2.05) is 37.3 Å². The normalized spacial score (nSPS) is 20.3. The molecule has 1 fully saturated rings. The van der Waals surface area contributed by atoms with Crippen LogP contribution < -0.4 is 10.5 Å². The molecule has 1 saturated heterocycles. The molecule has 0 radical (unpaired) electrons. The first kappa shape index (κ1) is 24.6. The number of carbonyl (C=O) groups excluding carboxylic acids is 1. The Hall–Kier alpha value is -3.54. The van der Waals surface area contributed by atoms with E-state index in [4.69, 9.17) is 15.2 Å². The largest absolute Gasteiger partial charge is 0.489 e. The molecule has 1 amide bonds. The van der Waals surface area contributed by atoms with Crippen LogP contribution in [0.2, 0.25) is 0 Å². The number of hydrogen-bond acceptors (Lipinski definition) is 7. The number of aliphatic carboxylic acids is 1. The van der Waals surface area contributed by atoms with Crippen LogP contribution in [0.3, 0.4) is 0 Å². The second kappa shape index (κ2) is 9.61. The summed E-state index contributed by atoms with van der Waals surface area (Å²) in [5.74, 6) is -3.26. The van der Waals surface area contributed by atoms with Gasteiger partial charge in [-0.2, -0.15) is 4.31 Å². The smallest absolute Gasteiger partial charge is 0.311 e. The van der Waals surface area contributed by atoms with Crippen LogP contribution in [0.1, 0.15) is 11.3 Å². The maximum absolute atomic E-state index is 13.2. The molecule has 1 aliphatic rings. The molecule has 35 heavy (non-hydrogen) atoms. The number of ether oxygens (including phenoxy) is 2. The number of carbonyl (C=O) groups is 2. The molecular weight excluding hydrogens is 474 g/mol.